The van der Waals surface area contributed by atoms with Crippen molar-refractivity contribution < 1.29 is 0 Å². The second-order valence-corrected chi connectivity index (χ2v) is 9.52. The van der Waals surface area contributed by atoms with Crippen LogP contribution in [0.25, 0.3) is 0 Å². The average Bonchev–Trinajstić information content (AvgIpc) is 3.28. The Morgan fingerprint density at radius 3 is 1.20 bits per heavy atom. The lowest BCUT2D eigenvalue weighted by atomic mass is 9.54. The van der Waals surface area contributed by atoms with Crippen LogP contribution in [0.3, 0.4) is 0 Å². The predicted octanol–water partition coefficient (Wildman–Crippen LogP) is 5.95. The van der Waals surface area contributed by atoms with Gasteiger partial charge in [0.25, 0.3) is 0 Å². The van der Waals surface area contributed by atoms with Crippen LogP contribution in [0.15, 0.2) is 0 Å². The average molecular weight is 272 g/mol. The molecule has 2 atom stereocenters. The Morgan fingerprint density at radius 1 is 0.500 bits per heavy atom. The van der Waals surface area contributed by atoms with Crippen molar-refractivity contribution in [1.29, 1.82) is 0 Å². The molecule has 0 aromatic rings. The maximum atomic E-state index is 1.65. The lowest BCUT2D eigenvalue weighted by molar-refractivity contribution is -0.0110. The van der Waals surface area contributed by atoms with Crippen molar-refractivity contribution in [2.75, 3.05) is 0 Å². The topological polar surface area (TPSA) is 0 Å². The fourth-order valence-electron chi connectivity index (χ4n) is 8.11. The molecule has 112 valence electrons. The summed E-state index contributed by atoms with van der Waals surface area (Å²) in [5.74, 6) is 4.60. The van der Waals surface area contributed by atoms with Crippen LogP contribution in [0.1, 0.15) is 89.9 Å². The Bertz CT molecular complexity index is 341. The lowest BCUT2D eigenvalue weighted by Crippen LogP contribution is -2.42. The molecular weight excluding hydrogens is 240 g/mol. The zero-order valence-electron chi connectivity index (χ0n) is 13.2. The number of rotatable bonds is 2. The molecule has 0 saturated heterocycles. The lowest BCUT2D eigenvalue weighted by Gasteiger charge is -2.51. The Kier molecular flexibility index (Phi) is 2.67. The van der Waals surface area contributed by atoms with E-state index in [-0.39, 0.29) is 0 Å². The van der Waals surface area contributed by atoms with Crippen molar-refractivity contribution in [3.8, 4) is 0 Å². The van der Waals surface area contributed by atoms with E-state index in [0.29, 0.717) is 0 Å². The van der Waals surface area contributed by atoms with E-state index in [1.54, 1.807) is 89.9 Å². The van der Waals surface area contributed by atoms with Crippen LogP contribution < -0.4 is 0 Å². The first-order valence-corrected chi connectivity index (χ1v) is 9.80. The summed E-state index contributed by atoms with van der Waals surface area (Å²) in [6.45, 7) is 0. The molecule has 0 heteroatoms. The summed E-state index contributed by atoms with van der Waals surface area (Å²) in [5.41, 5.74) is 1.70. The predicted molar refractivity (Wildman–Crippen MR) is 83.5 cm³/mol. The van der Waals surface area contributed by atoms with Gasteiger partial charge in [0, 0.05) is 0 Å². The minimum Gasteiger partial charge on any atom is -0.0530 e. The van der Waals surface area contributed by atoms with Crippen LogP contribution in [0.2, 0.25) is 0 Å². The Hall–Kier alpha value is 0. The van der Waals surface area contributed by atoms with E-state index >= 15 is 0 Å². The molecule has 4 bridgehead atoms. The van der Waals surface area contributed by atoms with E-state index in [1.807, 2.05) is 0 Å². The van der Waals surface area contributed by atoms with Gasteiger partial charge in [0.05, 0.1) is 0 Å². The van der Waals surface area contributed by atoms with Gasteiger partial charge in [-0.3, -0.25) is 0 Å². The second kappa shape index (κ2) is 4.26. The molecule has 20 heavy (non-hydrogen) atoms. The first kappa shape index (κ1) is 12.5. The molecule has 5 saturated carbocycles. The molecule has 0 heterocycles. The summed E-state index contributed by atoms with van der Waals surface area (Å²) in [7, 11) is 0. The Balaban J connectivity index is 1.47. The highest BCUT2D eigenvalue weighted by atomic mass is 14.6. The number of hydrogen-bond donors (Lipinski definition) is 0. The zero-order chi connectivity index (χ0) is 13.2. The summed E-state index contributed by atoms with van der Waals surface area (Å²) in [4.78, 5) is 0. The van der Waals surface area contributed by atoms with Crippen molar-refractivity contribution in [2.24, 2.45) is 34.5 Å². The van der Waals surface area contributed by atoms with Crippen molar-refractivity contribution in [3.63, 3.8) is 0 Å². The molecule has 5 fully saturated rings. The third kappa shape index (κ3) is 1.60. The summed E-state index contributed by atoms with van der Waals surface area (Å²) < 4.78 is 0. The van der Waals surface area contributed by atoms with E-state index in [2.05, 4.69) is 0 Å². The maximum absolute atomic E-state index is 1.65. The van der Waals surface area contributed by atoms with Crippen molar-refractivity contribution in [3.05, 3.63) is 0 Å². The summed E-state index contributed by atoms with van der Waals surface area (Å²) in [6.07, 6.45) is 22.5. The Labute approximate surface area is 125 Å². The molecule has 0 amide bonds. The third-order valence-electron chi connectivity index (χ3n) is 8.93. The molecular formula is C20H32. The molecule has 0 N–H and O–H groups in total. The van der Waals surface area contributed by atoms with Crippen molar-refractivity contribution >= 4 is 0 Å². The summed E-state index contributed by atoms with van der Waals surface area (Å²) in [5, 5.41) is 0. The van der Waals surface area contributed by atoms with Gasteiger partial charge >= 0.3 is 0 Å². The smallest absolute Gasteiger partial charge is 0.0263 e. The molecule has 5 rings (SSSR count). The van der Waals surface area contributed by atoms with Crippen LogP contribution in [0.5, 0.6) is 0 Å². The standard InChI is InChI=1S/C20H32/c1-2-4-18(20-11-7-16(14-20)8-12-20)17(3-1)19-9-5-15(13-19)6-10-19/h15-18H,1-14H2. The van der Waals surface area contributed by atoms with Crippen molar-refractivity contribution in [2.45, 2.75) is 89.9 Å². The van der Waals surface area contributed by atoms with Crippen molar-refractivity contribution in [1.82, 2.24) is 0 Å². The van der Waals surface area contributed by atoms with E-state index in [4.69, 9.17) is 0 Å². The molecule has 2 unspecified atom stereocenters. The molecule has 5 aliphatic rings. The molecule has 0 aromatic carbocycles. The van der Waals surface area contributed by atoms with Gasteiger partial charge in [-0.25, -0.2) is 0 Å². The van der Waals surface area contributed by atoms with Gasteiger partial charge in [-0.15, -0.1) is 0 Å². The first-order valence-electron chi connectivity index (χ1n) is 9.80. The zero-order valence-corrected chi connectivity index (χ0v) is 13.2. The number of hydrogen-bond acceptors (Lipinski definition) is 0. The second-order valence-electron chi connectivity index (χ2n) is 9.52. The highest BCUT2D eigenvalue weighted by Gasteiger charge is 2.58. The highest BCUT2D eigenvalue weighted by molar-refractivity contribution is 5.08. The van der Waals surface area contributed by atoms with Gasteiger partial charge in [0.2, 0.25) is 0 Å². The van der Waals surface area contributed by atoms with Gasteiger partial charge in [-0.1, -0.05) is 12.8 Å². The van der Waals surface area contributed by atoms with E-state index in [9.17, 15) is 0 Å². The van der Waals surface area contributed by atoms with Gasteiger partial charge in [-0.05, 0) is 112 Å². The third-order valence-corrected chi connectivity index (χ3v) is 8.93. The van der Waals surface area contributed by atoms with Gasteiger partial charge < -0.3 is 0 Å². The molecule has 0 aromatic heterocycles. The molecule has 5 aliphatic carbocycles. The van der Waals surface area contributed by atoms with E-state index in [0.717, 1.165) is 34.5 Å². The summed E-state index contributed by atoms with van der Waals surface area (Å²) >= 11 is 0. The number of fused-ring (bicyclic) bond motifs is 4. The maximum Gasteiger partial charge on any atom is -0.0263 e. The molecule has 0 aliphatic heterocycles. The fourth-order valence-corrected chi connectivity index (χ4v) is 8.11. The largest absolute Gasteiger partial charge is 0.0530 e. The van der Waals surface area contributed by atoms with E-state index in [1.165, 1.54) is 0 Å². The van der Waals surface area contributed by atoms with Crippen LogP contribution in [0.4, 0.5) is 0 Å². The van der Waals surface area contributed by atoms with Gasteiger partial charge in [-0.2, -0.15) is 0 Å². The van der Waals surface area contributed by atoms with Gasteiger partial charge in [0.1, 0.15) is 0 Å². The van der Waals surface area contributed by atoms with E-state index < -0.39 is 0 Å². The van der Waals surface area contributed by atoms with Crippen LogP contribution in [-0.2, 0) is 0 Å². The molecule has 0 spiro atoms. The highest BCUT2D eigenvalue weighted by Crippen LogP contribution is 2.68. The quantitative estimate of drug-likeness (QED) is 0.582. The Morgan fingerprint density at radius 2 is 0.900 bits per heavy atom. The minimum absolute atomic E-state index is 0.852. The first-order chi connectivity index (χ1) is 9.80. The van der Waals surface area contributed by atoms with Crippen LogP contribution in [0, 0.1) is 34.5 Å². The van der Waals surface area contributed by atoms with Crippen LogP contribution in [-0.4, -0.2) is 0 Å². The van der Waals surface area contributed by atoms with Crippen LogP contribution >= 0.6 is 0 Å². The normalized spacial score (nSPS) is 57.6. The minimum atomic E-state index is 0.852. The SMILES string of the molecule is C1CCC(C23CCC(CC2)C3)C(C23CCC(CC2)C3)C1. The monoisotopic (exact) mass is 272 g/mol. The molecule has 0 radical (unpaired) electrons. The van der Waals surface area contributed by atoms with Gasteiger partial charge in [0.15, 0.2) is 0 Å². The molecule has 0 nitrogen and oxygen atoms in total. The summed E-state index contributed by atoms with van der Waals surface area (Å²) in [6, 6.07) is 0. The fraction of sp³-hybridized carbons (Fsp3) is 1.00.